The zero-order valence-electron chi connectivity index (χ0n) is 14.3. The fourth-order valence-electron chi connectivity index (χ4n) is 3.28. The number of β-amino-alcohol motifs (C(OH)–C–C–N with tert-alkyl or cyclic N) is 1. The van der Waals surface area contributed by atoms with Crippen molar-refractivity contribution in [2.45, 2.75) is 32.4 Å². The first-order valence-electron chi connectivity index (χ1n) is 8.76. The van der Waals surface area contributed by atoms with Crippen LogP contribution in [-0.2, 0) is 6.54 Å². The third kappa shape index (κ3) is 4.87. The summed E-state index contributed by atoms with van der Waals surface area (Å²) in [5, 5.41) is 17.2. The molecule has 6 nitrogen and oxygen atoms in total. The molecule has 0 radical (unpaired) electrons. The third-order valence-corrected chi connectivity index (χ3v) is 4.61. The van der Waals surface area contributed by atoms with Crippen LogP contribution >= 0.6 is 0 Å². The largest absolute Gasteiger partial charge is 0.392 e. The minimum absolute atomic E-state index is 0.222. The Morgan fingerprint density at radius 1 is 1.25 bits per heavy atom. The van der Waals surface area contributed by atoms with E-state index in [4.69, 9.17) is 0 Å². The van der Waals surface area contributed by atoms with Crippen LogP contribution < -0.4 is 5.32 Å². The number of likely N-dealkylation sites (tertiary alicyclic amines) is 1. The van der Waals surface area contributed by atoms with Crippen molar-refractivity contribution in [3.8, 4) is 5.69 Å². The van der Waals surface area contributed by atoms with Crippen molar-refractivity contribution >= 4 is 0 Å². The van der Waals surface area contributed by atoms with Gasteiger partial charge in [0.15, 0.2) is 0 Å². The van der Waals surface area contributed by atoms with Crippen molar-refractivity contribution in [3.05, 3.63) is 42.5 Å². The summed E-state index contributed by atoms with van der Waals surface area (Å²) >= 11 is 0. The SMILES string of the molecule is CC(O)CN1CCC(CNCc2ccc(-n3cncn3)cc2)CC1. The molecule has 2 aromatic rings. The molecule has 0 spiro atoms. The molecular weight excluding hydrogens is 302 g/mol. The van der Waals surface area contributed by atoms with Crippen LogP contribution in [0.3, 0.4) is 0 Å². The third-order valence-electron chi connectivity index (χ3n) is 4.61. The molecule has 24 heavy (non-hydrogen) atoms. The van der Waals surface area contributed by atoms with Gasteiger partial charge in [-0.1, -0.05) is 12.1 Å². The van der Waals surface area contributed by atoms with Crippen LogP contribution in [-0.4, -0.2) is 57.1 Å². The highest BCUT2D eigenvalue weighted by atomic mass is 16.3. The molecule has 1 aromatic heterocycles. The fraction of sp³-hybridized carbons (Fsp3) is 0.556. The summed E-state index contributed by atoms with van der Waals surface area (Å²) in [7, 11) is 0. The Labute approximate surface area is 143 Å². The summed E-state index contributed by atoms with van der Waals surface area (Å²) < 4.78 is 1.76. The van der Waals surface area contributed by atoms with Gasteiger partial charge in [0.2, 0.25) is 0 Å². The maximum atomic E-state index is 9.46. The zero-order valence-corrected chi connectivity index (χ0v) is 14.3. The van der Waals surface area contributed by atoms with E-state index in [0.29, 0.717) is 0 Å². The summed E-state index contributed by atoms with van der Waals surface area (Å²) in [5.74, 6) is 0.740. The number of aliphatic hydroxyl groups excluding tert-OH is 1. The molecule has 1 saturated heterocycles. The van der Waals surface area contributed by atoms with Crippen molar-refractivity contribution in [3.63, 3.8) is 0 Å². The van der Waals surface area contributed by atoms with Gasteiger partial charge in [-0.25, -0.2) is 9.67 Å². The highest BCUT2D eigenvalue weighted by molar-refractivity contribution is 5.33. The van der Waals surface area contributed by atoms with Crippen LogP contribution in [0.2, 0.25) is 0 Å². The minimum atomic E-state index is -0.222. The van der Waals surface area contributed by atoms with E-state index in [1.807, 2.05) is 6.92 Å². The second kappa shape index (κ2) is 8.37. The van der Waals surface area contributed by atoms with Crippen LogP contribution in [0.25, 0.3) is 5.69 Å². The summed E-state index contributed by atoms with van der Waals surface area (Å²) in [6.07, 6.45) is 5.45. The van der Waals surface area contributed by atoms with E-state index in [-0.39, 0.29) is 6.10 Å². The maximum Gasteiger partial charge on any atom is 0.138 e. The van der Waals surface area contributed by atoms with Gasteiger partial charge in [-0.15, -0.1) is 0 Å². The summed E-state index contributed by atoms with van der Waals surface area (Å²) in [4.78, 5) is 6.33. The van der Waals surface area contributed by atoms with E-state index in [0.717, 1.165) is 44.3 Å². The summed E-state index contributed by atoms with van der Waals surface area (Å²) in [6.45, 7) is 6.83. The van der Waals surface area contributed by atoms with Crippen molar-refractivity contribution in [2.75, 3.05) is 26.2 Å². The zero-order chi connectivity index (χ0) is 16.8. The van der Waals surface area contributed by atoms with Gasteiger partial charge in [-0.2, -0.15) is 5.10 Å². The van der Waals surface area contributed by atoms with Gasteiger partial charge in [0.1, 0.15) is 12.7 Å². The molecule has 3 rings (SSSR count). The molecule has 0 saturated carbocycles. The lowest BCUT2D eigenvalue weighted by Crippen LogP contribution is -2.40. The van der Waals surface area contributed by atoms with Gasteiger partial charge < -0.3 is 15.3 Å². The molecule has 1 unspecified atom stereocenters. The van der Waals surface area contributed by atoms with Crippen LogP contribution in [0.15, 0.2) is 36.9 Å². The molecule has 0 amide bonds. The molecule has 1 aromatic carbocycles. The summed E-state index contributed by atoms with van der Waals surface area (Å²) in [5.41, 5.74) is 2.31. The van der Waals surface area contributed by atoms with E-state index in [1.54, 1.807) is 17.3 Å². The number of rotatable bonds is 7. The van der Waals surface area contributed by atoms with Crippen LogP contribution in [0.1, 0.15) is 25.3 Å². The highest BCUT2D eigenvalue weighted by Gasteiger charge is 2.19. The number of hydrogen-bond acceptors (Lipinski definition) is 5. The van der Waals surface area contributed by atoms with Crippen LogP contribution in [0, 0.1) is 5.92 Å². The van der Waals surface area contributed by atoms with Crippen molar-refractivity contribution < 1.29 is 5.11 Å². The molecule has 6 heteroatoms. The van der Waals surface area contributed by atoms with Gasteiger partial charge >= 0.3 is 0 Å². The lowest BCUT2D eigenvalue weighted by atomic mass is 9.96. The standard InChI is InChI=1S/C18H27N5O/c1-15(24)12-22-8-6-17(7-9-22)11-19-10-16-2-4-18(5-3-16)23-14-20-13-21-23/h2-5,13-15,17,19,24H,6-12H2,1H3. The number of hydrogen-bond donors (Lipinski definition) is 2. The highest BCUT2D eigenvalue weighted by Crippen LogP contribution is 2.17. The van der Waals surface area contributed by atoms with E-state index >= 15 is 0 Å². The number of nitrogens with one attached hydrogen (secondary N) is 1. The molecule has 1 atom stereocenters. The molecule has 0 bridgehead atoms. The average Bonchev–Trinajstić information content (AvgIpc) is 3.11. The van der Waals surface area contributed by atoms with Crippen molar-refractivity contribution in [1.82, 2.24) is 25.0 Å². The van der Waals surface area contributed by atoms with Gasteiger partial charge in [0.05, 0.1) is 11.8 Å². The molecule has 130 valence electrons. The number of nitrogens with zero attached hydrogens (tertiary/aromatic N) is 4. The van der Waals surface area contributed by atoms with Gasteiger partial charge in [-0.05, 0) is 63.0 Å². The van der Waals surface area contributed by atoms with E-state index in [1.165, 1.54) is 18.4 Å². The normalized spacial score (nSPS) is 17.9. The monoisotopic (exact) mass is 329 g/mol. The molecule has 1 fully saturated rings. The summed E-state index contributed by atoms with van der Waals surface area (Å²) in [6, 6.07) is 8.41. The number of aromatic nitrogens is 3. The smallest absolute Gasteiger partial charge is 0.138 e. The number of piperidine rings is 1. The van der Waals surface area contributed by atoms with E-state index < -0.39 is 0 Å². The topological polar surface area (TPSA) is 66.2 Å². The Morgan fingerprint density at radius 2 is 2.00 bits per heavy atom. The maximum absolute atomic E-state index is 9.46. The van der Waals surface area contributed by atoms with E-state index in [9.17, 15) is 5.11 Å². The van der Waals surface area contributed by atoms with Gasteiger partial charge in [0, 0.05) is 13.1 Å². The molecular formula is C18H27N5O. The van der Waals surface area contributed by atoms with Crippen molar-refractivity contribution in [2.24, 2.45) is 5.92 Å². The fourth-order valence-corrected chi connectivity index (χ4v) is 3.28. The first-order chi connectivity index (χ1) is 11.7. The molecule has 1 aliphatic rings. The predicted molar refractivity (Wildman–Crippen MR) is 93.9 cm³/mol. The second-order valence-corrected chi connectivity index (χ2v) is 6.73. The van der Waals surface area contributed by atoms with Gasteiger partial charge in [0.25, 0.3) is 0 Å². The Hall–Kier alpha value is -1.76. The van der Waals surface area contributed by atoms with Gasteiger partial charge in [-0.3, -0.25) is 0 Å². The number of aliphatic hydroxyl groups is 1. The second-order valence-electron chi connectivity index (χ2n) is 6.73. The quantitative estimate of drug-likeness (QED) is 0.805. The minimum Gasteiger partial charge on any atom is -0.392 e. The average molecular weight is 329 g/mol. The molecule has 2 heterocycles. The Balaban J connectivity index is 1.38. The van der Waals surface area contributed by atoms with E-state index in [2.05, 4.69) is 44.6 Å². The Morgan fingerprint density at radius 3 is 2.62 bits per heavy atom. The number of benzene rings is 1. The molecule has 0 aliphatic carbocycles. The lowest BCUT2D eigenvalue weighted by molar-refractivity contribution is 0.0998. The lowest BCUT2D eigenvalue weighted by Gasteiger charge is -2.32. The van der Waals surface area contributed by atoms with Crippen LogP contribution in [0.4, 0.5) is 0 Å². The first-order valence-corrected chi connectivity index (χ1v) is 8.76. The molecule has 1 aliphatic heterocycles. The molecule has 2 N–H and O–H groups in total. The first kappa shape index (κ1) is 17.1. The predicted octanol–water partition coefficient (Wildman–Crippen LogP) is 1.45. The van der Waals surface area contributed by atoms with Crippen LogP contribution in [0.5, 0.6) is 0 Å². The Bertz CT molecular complexity index is 588. The Kier molecular flexibility index (Phi) is 5.96. The van der Waals surface area contributed by atoms with Crippen molar-refractivity contribution in [1.29, 1.82) is 0 Å².